The van der Waals surface area contributed by atoms with E-state index in [-0.39, 0.29) is 30.6 Å². The lowest BCUT2D eigenvalue weighted by Crippen LogP contribution is -1.98. The second-order valence-corrected chi connectivity index (χ2v) is 5.57. The molecule has 0 saturated carbocycles. The predicted molar refractivity (Wildman–Crippen MR) is 113 cm³/mol. The van der Waals surface area contributed by atoms with Gasteiger partial charge in [0.1, 0.15) is 17.3 Å². The van der Waals surface area contributed by atoms with Gasteiger partial charge in [0, 0.05) is 18.0 Å². The third kappa shape index (κ3) is 5.00. The Morgan fingerprint density at radius 1 is 0.714 bits per heavy atom. The van der Waals surface area contributed by atoms with Gasteiger partial charge in [-0.3, -0.25) is 9.97 Å². The average Bonchev–Trinajstić information content (AvgIpc) is 2.69. The lowest BCUT2D eigenvalue weighted by atomic mass is 10.1. The summed E-state index contributed by atoms with van der Waals surface area (Å²) < 4.78 is 13.3. The van der Waals surface area contributed by atoms with E-state index in [0.717, 1.165) is 16.8 Å². The van der Waals surface area contributed by atoms with Gasteiger partial charge in [0.05, 0.1) is 18.1 Å². The van der Waals surface area contributed by atoms with Gasteiger partial charge in [-0.2, -0.15) is 0 Å². The number of anilines is 2. The number of nitrogens with zero attached hydrogens (tertiary/aromatic N) is 4. The zero-order valence-electron chi connectivity index (χ0n) is 14.5. The molecule has 0 aliphatic rings. The van der Waals surface area contributed by atoms with Crippen LogP contribution in [0.1, 0.15) is 0 Å². The Hall–Kier alpha value is -3.09. The topological polar surface area (TPSA) is 63.6 Å². The van der Waals surface area contributed by atoms with Crippen molar-refractivity contribution in [3.05, 3.63) is 85.2 Å². The summed E-state index contributed by atoms with van der Waals surface area (Å²) in [6.07, 6.45) is 6.68. The SMILES string of the molecule is Cl.Cl.Fc1cccc(-c2ccc(Nc3cncc(-c4ccccn4)n3)nc2)c1. The lowest BCUT2D eigenvalue weighted by Gasteiger charge is -2.07. The predicted octanol–water partition coefficient (Wildman–Crippen LogP) is 5.33. The number of pyridine rings is 2. The Morgan fingerprint density at radius 2 is 1.61 bits per heavy atom. The second-order valence-electron chi connectivity index (χ2n) is 5.57. The quantitative estimate of drug-likeness (QED) is 0.488. The molecule has 0 aliphatic heterocycles. The van der Waals surface area contributed by atoms with E-state index in [1.807, 2.05) is 36.4 Å². The third-order valence-corrected chi connectivity index (χ3v) is 3.74. The van der Waals surface area contributed by atoms with Gasteiger partial charge in [-0.15, -0.1) is 24.8 Å². The van der Waals surface area contributed by atoms with Crippen LogP contribution in [0.2, 0.25) is 0 Å². The highest BCUT2D eigenvalue weighted by Crippen LogP contribution is 2.22. The molecule has 0 spiro atoms. The van der Waals surface area contributed by atoms with Crippen LogP contribution in [0.25, 0.3) is 22.5 Å². The van der Waals surface area contributed by atoms with Crippen molar-refractivity contribution in [2.45, 2.75) is 0 Å². The molecule has 0 atom stereocenters. The van der Waals surface area contributed by atoms with Gasteiger partial charge in [-0.25, -0.2) is 14.4 Å². The molecule has 1 N–H and O–H groups in total. The van der Waals surface area contributed by atoms with Crippen LogP contribution >= 0.6 is 24.8 Å². The fraction of sp³-hybridized carbons (Fsp3) is 0. The summed E-state index contributed by atoms with van der Waals surface area (Å²) in [5.74, 6) is 0.920. The fourth-order valence-electron chi connectivity index (χ4n) is 2.50. The highest BCUT2D eigenvalue weighted by atomic mass is 35.5. The number of hydrogen-bond donors (Lipinski definition) is 1. The van der Waals surface area contributed by atoms with Gasteiger partial charge in [-0.05, 0) is 42.0 Å². The van der Waals surface area contributed by atoms with Crippen LogP contribution in [0.5, 0.6) is 0 Å². The van der Waals surface area contributed by atoms with Gasteiger partial charge in [0.25, 0.3) is 0 Å². The number of halogens is 3. The standard InChI is InChI=1S/C20H14FN5.2ClH/c21-16-5-3-4-14(10-16)15-7-8-19(24-11-15)26-20-13-22-12-18(25-20)17-6-1-2-9-23-17;;/h1-13H,(H,24,25,26);2*1H. The van der Waals surface area contributed by atoms with E-state index in [1.165, 1.54) is 12.1 Å². The third-order valence-electron chi connectivity index (χ3n) is 3.74. The van der Waals surface area contributed by atoms with Crippen LogP contribution in [0.15, 0.2) is 79.4 Å². The van der Waals surface area contributed by atoms with E-state index in [0.29, 0.717) is 17.3 Å². The molecule has 142 valence electrons. The minimum Gasteiger partial charge on any atom is -0.324 e. The highest BCUT2D eigenvalue weighted by Gasteiger charge is 2.05. The van der Waals surface area contributed by atoms with E-state index in [2.05, 4.69) is 25.3 Å². The zero-order valence-corrected chi connectivity index (χ0v) is 16.1. The van der Waals surface area contributed by atoms with Gasteiger partial charge in [-0.1, -0.05) is 18.2 Å². The van der Waals surface area contributed by atoms with Crippen molar-refractivity contribution in [3.63, 3.8) is 0 Å². The van der Waals surface area contributed by atoms with E-state index < -0.39 is 0 Å². The van der Waals surface area contributed by atoms with Crippen LogP contribution in [-0.2, 0) is 0 Å². The highest BCUT2D eigenvalue weighted by molar-refractivity contribution is 5.85. The Bertz CT molecular complexity index is 1030. The van der Waals surface area contributed by atoms with Gasteiger partial charge in [0.15, 0.2) is 5.82 Å². The summed E-state index contributed by atoms with van der Waals surface area (Å²) in [6.45, 7) is 0. The maximum Gasteiger partial charge on any atom is 0.150 e. The molecule has 4 rings (SSSR count). The van der Waals surface area contributed by atoms with Crippen molar-refractivity contribution in [1.82, 2.24) is 19.9 Å². The molecule has 3 aromatic heterocycles. The summed E-state index contributed by atoms with van der Waals surface area (Å²) >= 11 is 0. The van der Waals surface area contributed by atoms with Crippen molar-refractivity contribution in [1.29, 1.82) is 0 Å². The van der Waals surface area contributed by atoms with E-state index in [9.17, 15) is 4.39 Å². The van der Waals surface area contributed by atoms with Gasteiger partial charge in [0.2, 0.25) is 0 Å². The molecule has 28 heavy (non-hydrogen) atoms. The Labute approximate surface area is 174 Å². The molecule has 0 unspecified atom stereocenters. The molecule has 5 nitrogen and oxygen atoms in total. The zero-order chi connectivity index (χ0) is 17.8. The summed E-state index contributed by atoms with van der Waals surface area (Å²) in [7, 11) is 0. The van der Waals surface area contributed by atoms with Crippen LogP contribution in [0, 0.1) is 5.82 Å². The van der Waals surface area contributed by atoms with Crippen LogP contribution in [0.3, 0.4) is 0 Å². The summed E-state index contributed by atoms with van der Waals surface area (Å²) in [5.41, 5.74) is 3.04. The molecule has 0 fully saturated rings. The number of nitrogens with one attached hydrogen (secondary N) is 1. The lowest BCUT2D eigenvalue weighted by molar-refractivity contribution is 0.628. The van der Waals surface area contributed by atoms with Gasteiger partial charge >= 0.3 is 0 Å². The molecular formula is C20H16Cl2FN5. The normalized spacial score (nSPS) is 9.75. The summed E-state index contributed by atoms with van der Waals surface area (Å²) in [4.78, 5) is 17.3. The number of hydrogen-bond acceptors (Lipinski definition) is 5. The minimum atomic E-state index is -0.272. The largest absolute Gasteiger partial charge is 0.324 e. The minimum absolute atomic E-state index is 0. The number of rotatable bonds is 4. The first-order chi connectivity index (χ1) is 12.8. The number of benzene rings is 1. The van der Waals surface area contributed by atoms with E-state index in [1.54, 1.807) is 30.9 Å². The molecule has 4 aromatic rings. The first-order valence-electron chi connectivity index (χ1n) is 8.00. The first-order valence-corrected chi connectivity index (χ1v) is 8.00. The average molecular weight is 416 g/mol. The number of aromatic nitrogens is 4. The van der Waals surface area contributed by atoms with Gasteiger partial charge < -0.3 is 5.32 Å². The van der Waals surface area contributed by atoms with Crippen molar-refractivity contribution < 1.29 is 4.39 Å². The van der Waals surface area contributed by atoms with Crippen molar-refractivity contribution in [2.24, 2.45) is 0 Å². The molecule has 3 heterocycles. The maximum absolute atomic E-state index is 13.3. The Morgan fingerprint density at radius 3 is 2.32 bits per heavy atom. The molecule has 0 aliphatic carbocycles. The second kappa shape index (κ2) is 9.73. The first kappa shape index (κ1) is 21.2. The van der Waals surface area contributed by atoms with Crippen LogP contribution < -0.4 is 5.32 Å². The molecule has 0 bridgehead atoms. The smallest absolute Gasteiger partial charge is 0.150 e. The molecular weight excluding hydrogens is 400 g/mol. The summed E-state index contributed by atoms with van der Waals surface area (Å²) in [5, 5.41) is 3.12. The van der Waals surface area contributed by atoms with Crippen molar-refractivity contribution in [2.75, 3.05) is 5.32 Å². The fourth-order valence-corrected chi connectivity index (χ4v) is 2.50. The Kier molecular flexibility index (Phi) is 7.37. The molecule has 0 amide bonds. The monoisotopic (exact) mass is 415 g/mol. The van der Waals surface area contributed by atoms with Crippen LogP contribution in [-0.4, -0.2) is 19.9 Å². The summed E-state index contributed by atoms with van der Waals surface area (Å²) in [6, 6.07) is 15.7. The van der Waals surface area contributed by atoms with E-state index >= 15 is 0 Å². The Balaban J connectivity index is 0.00000140. The molecule has 0 saturated heterocycles. The van der Waals surface area contributed by atoms with Crippen molar-refractivity contribution >= 4 is 36.4 Å². The maximum atomic E-state index is 13.3. The van der Waals surface area contributed by atoms with E-state index in [4.69, 9.17) is 0 Å². The van der Waals surface area contributed by atoms with Crippen molar-refractivity contribution in [3.8, 4) is 22.5 Å². The molecule has 8 heteroatoms. The molecule has 1 aromatic carbocycles. The van der Waals surface area contributed by atoms with Crippen LogP contribution in [0.4, 0.5) is 16.0 Å². The molecule has 0 radical (unpaired) electrons.